The molecule has 0 saturated carbocycles. The summed E-state index contributed by atoms with van der Waals surface area (Å²) >= 11 is 0. The lowest BCUT2D eigenvalue weighted by atomic mass is 9.93. The van der Waals surface area contributed by atoms with Crippen LogP contribution in [0, 0.1) is 0 Å². The smallest absolute Gasteiger partial charge is 0.225 e. The van der Waals surface area contributed by atoms with Crippen LogP contribution in [0.1, 0.15) is 50.5 Å². The number of rotatable bonds is 8. The Bertz CT molecular complexity index is 734. The average molecular weight is 377 g/mol. The molecular weight excluding hydrogens is 344 g/mol. The first kappa shape index (κ1) is 19.1. The van der Waals surface area contributed by atoms with Gasteiger partial charge in [0.2, 0.25) is 5.95 Å². The Morgan fingerprint density at radius 2 is 1.79 bits per heavy atom. The van der Waals surface area contributed by atoms with E-state index in [-0.39, 0.29) is 0 Å². The molecule has 2 aliphatic heterocycles. The van der Waals surface area contributed by atoms with Gasteiger partial charge in [-0.2, -0.15) is 0 Å². The van der Waals surface area contributed by atoms with Gasteiger partial charge >= 0.3 is 0 Å². The molecule has 2 saturated heterocycles. The second kappa shape index (κ2) is 8.87. The molecule has 3 heterocycles. The fraction of sp³-hybridized carbons (Fsp3) is 0.500. The molecule has 4 rings (SSSR count). The molecule has 148 valence electrons. The molecule has 4 heteroatoms. The quantitative estimate of drug-likeness (QED) is 0.627. The van der Waals surface area contributed by atoms with Gasteiger partial charge in [-0.1, -0.05) is 43.3 Å². The van der Waals surface area contributed by atoms with Crippen molar-refractivity contribution in [3.8, 4) is 0 Å². The standard InChI is InChI=1S/C24H32N4/c1-3-15-28(24-25-13-7-14-26-24)23-17-21-10-11-22(18-23)27(21)16-12-19(2)20-8-5-4-6-9-20/h3-9,13-14,19,21-23H,1,10-12,15-18H2,2H3. The van der Waals surface area contributed by atoms with Crippen molar-refractivity contribution in [1.82, 2.24) is 14.9 Å². The molecule has 2 aliphatic rings. The highest BCUT2D eigenvalue weighted by atomic mass is 15.3. The molecule has 4 nitrogen and oxygen atoms in total. The van der Waals surface area contributed by atoms with Crippen LogP contribution in [0.2, 0.25) is 0 Å². The van der Waals surface area contributed by atoms with Gasteiger partial charge in [0, 0.05) is 37.1 Å². The van der Waals surface area contributed by atoms with E-state index < -0.39 is 0 Å². The number of nitrogens with zero attached hydrogens (tertiary/aromatic N) is 4. The first-order valence-electron chi connectivity index (χ1n) is 10.7. The molecule has 0 radical (unpaired) electrons. The van der Waals surface area contributed by atoms with Crippen molar-refractivity contribution in [3.05, 3.63) is 67.0 Å². The van der Waals surface area contributed by atoms with Crippen LogP contribution in [0.4, 0.5) is 5.95 Å². The van der Waals surface area contributed by atoms with E-state index in [1.54, 1.807) is 0 Å². The summed E-state index contributed by atoms with van der Waals surface area (Å²) in [6.45, 7) is 8.35. The third kappa shape index (κ3) is 4.12. The second-order valence-electron chi connectivity index (χ2n) is 8.34. The molecule has 0 spiro atoms. The van der Waals surface area contributed by atoms with Gasteiger partial charge in [-0.05, 0) is 56.2 Å². The van der Waals surface area contributed by atoms with Gasteiger partial charge in [0.25, 0.3) is 0 Å². The second-order valence-corrected chi connectivity index (χ2v) is 8.34. The third-order valence-electron chi connectivity index (χ3n) is 6.62. The monoisotopic (exact) mass is 376 g/mol. The van der Waals surface area contributed by atoms with Gasteiger partial charge in [0.1, 0.15) is 0 Å². The fourth-order valence-electron chi connectivity index (χ4n) is 5.13. The van der Waals surface area contributed by atoms with Crippen molar-refractivity contribution >= 4 is 5.95 Å². The van der Waals surface area contributed by atoms with Crippen molar-refractivity contribution in [2.24, 2.45) is 0 Å². The maximum Gasteiger partial charge on any atom is 0.225 e. The van der Waals surface area contributed by atoms with E-state index in [4.69, 9.17) is 0 Å². The van der Waals surface area contributed by atoms with Crippen LogP contribution in [0.3, 0.4) is 0 Å². The molecule has 2 bridgehead atoms. The Hall–Kier alpha value is -2.20. The Balaban J connectivity index is 1.39. The van der Waals surface area contributed by atoms with Crippen molar-refractivity contribution < 1.29 is 0 Å². The molecule has 3 unspecified atom stereocenters. The summed E-state index contributed by atoms with van der Waals surface area (Å²) in [6, 6.07) is 14.7. The summed E-state index contributed by atoms with van der Waals surface area (Å²) in [5.41, 5.74) is 1.46. The van der Waals surface area contributed by atoms with Gasteiger partial charge in [-0.25, -0.2) is 9.97 Å². The Kier molecular flexibility index (Phi) is 6.06. The predicted octanol–water partition coefficient (Wildman–Crippen LogP) is 4.66. The molecule has 0 amide bonds. The third-order valence-corrected chi connectivity index (χ3v) is 6.62. The number of piperidine rings is 1. The van der Waals surface area contributed by atoms with Crippen LogP contribution in [-0.2, 0) is 0 Å². The summed E-state index contributed by atoms with van der Waals surface area (Å²) < 4.78 is 0. The molecular formula is C24H32N4. The molecule has 2 aromatic rings. The zero-order valence-corrected chi connectivity index (χ0v) is 17.0. The molecule has 28 heavy (non-hydrogen) atoms. The van der Waals surface area contributed by atoms with E-state index in [2.05, 4.69) is 63.6 Å². The average Bonchev–Trinajstić information content (AvgIpc) is 2.98. The molecule has 0 N–H and O–H groups in total. The van der Waals surface area contributed by atoms with Gasteiger partial charge < -0.3 is 4.90 Å². The predicted molar refractivity (Wildman–Crippen MR) is 116 cm³/mol. The number of benzene rings is 1. The van der Waals surface area contributed by atoms with E-state index in [1.165, 1.54) is 44.2 Å². The van der Waals surface area contributed by atoms with Crippen molar-refractivity contribution in [2.45, 2.75) is 63.1 Å². The van der Waals surface area contributed by atoms with Crippen LogP contribution in [0.25, 0.3) is 0 Å². The van der Waals surface area contributed by atoms with Crippen LogP contribution >= 0.6 is 0 Å². The lowest BCUT2D eigenvalue weighted by Gasteiger charge is -2.43. The number of hydrogen-bond donors (Lipinski definition) is 0. The van der Waals surface area contributed by atoms with E-state index in [0.717, 1.165) is 12.5 Å². The number of hydrogen-bond acceptors (Lipinski definition) is 4. The maximum atomic E-state index is 4.51. The summed E-state index contributed by atoms with van der Waals surface area (Å²) in [5, 5.41) is 0. The molecule has 1 aromatic heterocycles. The van der Waals surface area contributed by atoms with E-state index in [0.29, 0.717) is 24.0 Å². The summed E-state index contributed by atoms with van der Waals surface area (Å²) in [5.74, 6) is 1.46. The van der Waals surface area contributed by atoms with Gasteiger partial charge in [-0.15, -0.1) is 6.58 Å². The Morgan fingerprint density at radius 1 is 1.11 bits per heavy atom. The van der Waals surface area contributed by atoms with Gasteiger partial charge in [0.05, 0.1) is 0 Å². The normalized spacial score (nSPS) is 25.4. The molecule has 0 aliphatic carbocycles. The zero-order valence-electron chi connectivity index (χ0n) is 17.0. The summed E-state index contributed by atoms with van der Waals surface area (Å²) in [4.78, 5) is 14.2. The Morgan fingerprint density at radius 3 is 2.43 bits per heavy atom. The topological polar surface area (TPSA) is 32.3 Å². The first-order valence-corrected chi connectivity index (χ1v) is 10.7. The van der Waals surface area contributed by atoms with Crippen LogP contribution in [0.15, 0.2) is 61.4 Å². The highest BCUT2D eigenvalue weighted by Crippen LogP contribution is 2.39. The lowest BCUT2D eigenvalue weighted by Crippen LogP contribution is -2.51. The van der Waals surface area contributed by atoms with Crippen LogP contribution in [-0.4, -0.2) is 46.1 Å². The lowest BCUT2D eigenvalue weighted by molar-refractivity contribution is 0.121. The number of aromatic nitrogens is 2. The molecule has 3 atom stereocenters. The van der Waals surface area contributed by atoms with E-state index >= 15 is 0 Å². The zero-order chi connectivity index (χ0) is 19.3. The fourth-order valence-corrected chi connectivity index (χ4v) is 5.13. The van der Waals surface area contributed by atoms with Crippen molar-refractivity contribution in [2.75, 3.05) is 18.0 Å². The minimum Gasteiger partial charge on any atom is -0.334 e. The van der Waals surface area contributed by atoms with Crippen LogP contribution in [0.5, 0.6) is 0 Å². The SMILES string of the molecule is C=CCN(c1ncccn1)C1CC2CCC(C1)N2CCC(C)c1ccccc1. The minimum absolute atomic E-state index is 0.515. The maximum absolute atomic E-state index is 4.51. The highest BCUT2D eigenvalue weighted by Gasteiger charge is 2.42. The van der Waals surface area contributed by atoms with Crippen LogP contribution < -0.4 is 4.90 Å². The summed E-state index contributed by atoms with van der Waals surface area (Å²) in [7, 11) is 0. The molecule has 2 fully saturated rings. The minimum atomic E-state index is 0.515. The van der Waals surface area contributed by atoms with Gasteiger partial charge in [-0.3, -0.25) is 4.90 Å². The largest absolute Gasteiger partial charge is 0.334 e. The molecule has 1 aromatic carbocycles. The number of fused-ring (bicyclic) bond motifs is 2. The highest BCUT2D eigenvalue weighted by molar-refractivity contribution is 5.33. The van der Waals surface area contributed by atoms with Crippen molar-refractivity contribution in [3.63, 3.8) is 0 Å². The summed E-state index contributed by atoms with van der Waals surface area (Å²) in [6.07, 6.45) is 12.0. The first-order chi connectivity index (χ1) is 13.8. The number of anilines is 1. The van der Waals surface area contributed by atoms with Crippen molar-refractivity contribution in [1.29, 1.82) is 0 Å². The Labute approximate surface area is 169 Å². The van der Waals surface area contributed by atoms with E-state index in [1.807, 2.05) is 24.5 Å². The van der Waals surface area contributed by atoms with E-state index in [9.17, 15) is 0 Å². The van der Waals surface area contributed by atoms with Gasteiger partial charge in [0.15, 0.2) is 0 Å².